The first kappa shape index (κ1) is 12.6. The molecular weight excluding hydrogens is 281 g/mol. The van der Waals surface area contributed by atoms with Gasteiger partial charge < -0.3 is 10.5 Å². The van der Waals surface area contributed by atoms with Crippen LogP contribution in [0.4, 0.5) is 10.2 Å². The molecule has 0 aliphatic rings. The molecule has 0 bridgehead atoms. The van der Waals surface area contributed by atoms with Crippen molar-refractivity contribution in [2.24, 2.45) is 0 Å². The second-order valence-electron chi connectivity index (χ2n) is 4.08. The summed E-state index contributed by atoms with van der Waals surface area (Å²) in [5.41, 5.74) is 7.13. The molecular formula is C14H9ClFN3O. The molecule has 2 aromatic carbocycles. The molecule has 0 aliphatic carbocycles. The number of hydrogen-bond acceptors (Lipinski definition) is 4. The minimum Gasteiger partial charge on any atom is -0.436 e. The molecule has 0 saturated heterocycles. The third-order valence-electron chi connectivity index (χ3n) is 2.67. The van der Waals surface area contributed by atoms with E-state index in [1.165, 1.54) is 18.2 Å². The molecule has 0 saturated carbocycles. The lowest BCUT2D eigenvalue weighted by Gasteiger charge is -2.08. The lowest BCUT2D eigenvalue weighted by atomic mass is 10.3. The molecule has 6 heteroatoms. The molecule has 0 unspecified atom stereocenters. The van der Waals surface area contributed by atoms with Crippen LogP contribution in [0.5, 0.6) is 11.6 Å². The highest BCUT2D eigenvalue weighted by Gasteiger charge is 2.09. The summed E-state index contributed by atoms with van der Waals surface area (Å²) in [4.78, 5) is 8.47. The number of anilines is 1. The normalized spacial score (nSPS) is 10.7. The average Bonchev–Trinajstić information content (AvgIpc) is 2.44. The summed E-state index contributed by atoms with van der Waals surface area (Å²) < 4.78 is 18.6. The fourth-order valence-corrected chi connectivity index (χ4v) is 1.90. The van der Waals surface area contributed by atoms with Crippen molar-refractivity contribution in [3.8, 4) is 11.6 Å². The van der Waals surface area contributed by atoms with Crippen LogP contribution in [0.1, 0.15) is 0 Å². The van der Waals surface area contributed by atoms with Gasteiger partial charge in [-0.15, -0.1) is 0 Å². The topological polar surface area (TPSA) is 61.0 Å². The van der Waals surface area contributed by atoms with Crippen LogP contribution in [0.3, 0.4) is 0 Å². The van der Waals surface area contributed by atoms with Crippen LogP contribution >= 0.6 is 11.6 Å². The first-order valence-electron chi connectivity index (χ1n) is 5.78. The standard InChI is InChI=1S/C14H9ClFN3O/c15-9-7-8(5-6-10(9)16)20-14-13(17)18-11-3-1-2-4-12(11)19-14/h1-7H,(H2,17,18). The van der Waals surface area contributed by atoms with E-state index in [-0.39, 0.29) is 16.7 Å². The van der Waals surface area contributed by atoms with E-state index in [1.807, 2.05) is 12.1 Å². The van der Waals surface area contributed by atoms with Crippen LogP contribution in [0.2, 0.25) is 5.02 Å². The smallest absolute Gasteiger partial charge is 0.263 e. The highest BCUT2D eigenvalue weighted by Crippen LogP contribution is 2.28. The third-order valence-corrected chi connectivity index (χ3v) is 2.96. The number of nitrogens with zero attached hydrogens (tertiary/aromatic N) is 2. The summed E-state index contributed by atoms with van der Waals surface area (Å²) in [6.07, 6.45) is 0. The average molecular weight is 290 g/mol. The Balaban J connectivity index is 2.01. The predicted octanol–water partition coefficient (Wildman–Crippen LogP) is 3.80. The van der Waals surface area contributed by atoms with Crippen molar-refractivity contribution in [1.82, 2.24) is 9.97 Å². The zero-order valence-electron chi connectivity index (χ0n) is 10.2. The van der Waals surface area contributed by atoms with Gasteiger partial charge >= 0.3 is 0 Å². The Morgan fingerprint density at radius 1 is 1.05 bits per heavy atom. The molecule has 100 valence electrons. The Labute approximate surface area is 119 Å². The molecule has 0 amide bonds. The van der Waals surface area contributed by atoms with E-state index in [0.717, 1.165) is 0 Å². The van der Waals surface area contributed by atoms with Gasteiger partial charge in [0, 0.05) is 6.07 Å². The van der Waals surface area contributed by atoms with Crippen molar-refractivity contribution >= 4 is 28.5 Å². The van der Waals surface area contributed by atoms with Gasteiger partial charge in [0.1, 0.15) is 11.6 Å². The quantitative estimate of drug-likeness (QED) is 0.779. The Morgan fingerprint density at radius 3 is 2.45 bits per heavy atom. The number of halogens is 2. The first-order valence-corrected chi connectivity index (χ1v) is 6.16. The third kappa shape index (κ3) is 2.35. The second-order valence-corrected chi connectivity index (χ2v) is 4.49. The van der Waals surface area contributed by atoms with Crippen molar-refractivity contribution in [3.63, 3.8) is 0 Å². The van der Waals surface area contributed by atoms with Gasteiger partial charge in [0.2, 0.25) is 0 Å². The summed E-state index contributed by atoms with van der Waals surface area (Å²) >= 11 is 5.69. The van der Waals surface area contributed by atoms with Crippen molar-refractivity contribution in [1.29, 1.82) is 0 Å². The Hall–Kier alpha value is -2.40. The number of para-hydroxylation sites is 2. The van der Waals surface area contributed by atoms with Gasteiger partial charge in [-0.3, -0.25) is 0 Å². The number of rotatable bonds is 2. The summed E-state index contributed by atoms with van der Waals surface area (Å²) in [6, 6.07) is 11.3. The Bertz CT molecular complexity index is 794. The molecule has 0 radical (unpaired) electrons. The fourth-order valence-electron chi connectivity index (χ4n) is 1.72. The molecule has 2 N–H and O–H groups in total. The molecule has 4 nitrogen and oxygen atoms in total. The monoisotopic (exact) mass is 289 g/mol. The number of benzene rings is 2. The number of ether oxygens (including phenoxy) is 1. The van der Waals surface area contributed by atoms with Gasteiger partial charge in [-0.05, 0) is 24.3 Å². The maximum atomic E-state index is 13.1. The Kier molecular flexibility index (Phi) is 3.12. The van der Waals surface area contributed by atoms with E-state index < -0.39 is 5.82 Å². The molecule has 3 rings (SSSR count). The van der Waals surface area contributed by atoms with Crippen molar-refractivity contribution in [2.45, 2.75) is 0 Å². The minimum atomic E-state index is -0.517. The lowest BCUT2D eigenvalue weighted by molar-refractivity contribution is 0.464. The molecule has 3 aromatic rings. The maximum Gasteiger partial charge on any atom is 0.263 e. The molecule has 20 heavy (non-hydrogen) atoms. The summed E-state index contributed by atoms with van der Waals surface area (Å²) in [5, 5.41) is -0.0326. The first-order chi connectivity index (χ1) is 9.63. The van der Waals surface area contributed by atoms with Gasteiger partial charge in [-0.25, -0.2) is 14.4 Å². The van der Waals surface area contributed by atoms with Crippen LogP contribution < -0.4 is 10.5 Å². The van der Waals surface area contributed by atoms with Crippen LogP contribution in [0, 0.1) is 5.82 Å². The van der Waals surface area contributed by atoms with Gasteiger partial charge in [0.15, 0.2) is 5.82 Å². The molecule has 0 spiro atoms. The Morgan fingerprint density at radius 2 is 1.75 bits per heavy atom. The summed E-state index contributed by atoms with van der Waals surface area (Å²) in [7, 11) is 0. The van der Waals surface area contributed by atoms with Crippen molar-refractivity contribution in [3.05, 3.63) is 53.3 Å². The SMILES string of the molecule is Nc1nc2ccccc2nc1Oc1ccc(F)c(Cl)c1. The van der Waals surface area contributed by atoms with Crippen LogP contribution in [0.25, 0.3) is 11.0 Å². The largest absolute Gasteiger partial charge is 0.436 e. The molecule has 0 fully saturated rings. The van der Waals surface area contributed by atoms with E-state index in [0.29, 0.717) is 16.8 Å². The van der Waals surface area contributed by atoms with E-state index in [4.69, 9.17) is 22.1 Å². The fraction of sp³-hybridized carbons (Fsp3) is 0. The molecule has 0 atom stereocenters. The number of aromatic nitrogens is 2. The molecule has 1 aromatic heterocycles. The summed E-state index contributed by atoms with van der Waals surface area (Å²) in [6.45, 7) is 0. The van der Waals surface area contributed by atoms with Crippen LogP contribution in [-0.2, 0) is 0 Å². The zero-order valence-corrected chi connectivity index (χ0v) is 10.9. The lowest BCUT2D eigenvalue weighted by Crippen LogP contribution is -1.99. The van der Waals surface area contributed by atoms with Gasteiger partial charge in [0.05, 0.1) is 16.1 Å². The minimum absolute atomic E-state index is 0.0326. The second kappa shape index (κ2) is 4.94. The van der Waals surface area contributed by atoms with E-state index >= 15 is 0 Å². The van der Waals surface area contributed by atoms with Crippen molar-refractivity contribution in [2.75, 3.05) is 5.73 Å². The van der Waals surface area contributed by atoms with Crippen LogP contribution in [-0.4, -0.2) is 9.97 Å². The molecule has 1 heterocycles. The van der Waals surface area contributed by atoms with E-state index in [9.17, 15) is 4.39 Å². The number of hydrogen-bond donors (Lipinski definition) is 1. The number of fused-ring (bicyclic) bond motifs is 1. The van der Waals surface area contributed by atoms with Gasteiger partial charge in [-0.2, -0.15) is 0 Å². The van der Waals surface area contributed by atoms with E-state index in [1.54, 1.807) is 12.1 Å². The van der Waals surface area contributed by atoms with E-state index in [2.05, 4.69) is 9.97 Å². The number of nitrogen functional groups attached to an aromatic ring is 1. The number of nitrogens with two attached hydrogens (primary N) is 1. The maximum absolute atomic E-state index is 13.1. The zero-order chi connectivity index (χ0) is 14.1. The predicted molar refractivity (Wildman–Crippen MR) is 75.4 cm³/mol. The van der Waals surface area contributed by atoms with Crippen LogP contribution in [0.15, 0.2) is 42.5 Å². The van der Waals surface area contributed by atoms with Gasteiger partial charge in [0.25, 0.3) is 5.88 Å². The highest BCUT2D eigenvalue weighted by molar-refractivity contribution is 6.30. The van der Waals surface area contributed by atoms with Gasteiger partial charge in [-0.1, -0.05) is 23.7 Å². The highest BCUT2D eigenvalue weighted by atomic mass is 35.5. The summed E-state index contributed by atoms with van der Waals surface area (Å²) in [5.74, 6) is 0.139. The molecule has 0 aliphatic heterocycles. The van der Waals surface area contributed by atoms with Crippen molar-refractivity contribution < 1.29 is 9.13 Å².